The van der Waals surface area contributed by atoms with Gasteiger partial charge in [-0.2, -0.15) is 5.10 Å². The third-order valence-corrected chi connectivity index (χ3v) is 6.27. The standard InChI is InChI=1S/C27H21FN4O4/c28-16-8-11-18(12-9-16)32-22-7-3-5-20(22)25(31-32)27(34)30-21-6-2-1-4-19(21)26(33)29-17-10-13-23-24(14-17)36-15-35-23/h1-2,4,6,8-14H,3,5,7,15H2,(H,29,33)(H,30,34). The molecule has 6 rings (SSSR count). The minimum Gasteiger partial charge on any atom is -0.454 e. The van der Waals surface area contributed by atoms with Crippen LogP contribution < -0.4 is 20.1 Å². The van der Waals surface area contributed by atoms with Crippen molar-refractivity contribution in [1.82, 2.24) is 9.78 Å². The largest absolute Gasteiger partial charge is 0.454 e. The molecule has 9 heteroatoms. The minimum atomic E-state index is -0.405. The monoisotopic (exact) mass is 484 g/mol. The summed E-state index contributed by atoms with van der Waals surface area (Å²) in [5.41, 5.74) is 4.03. The molecule has 2 amide bonds. The Bertz CT molecular complexity index is 1500. The Morgan fingerprint density at radius 2 is 1.69 bits per heavy atom. The number of para-hydroxylation sites is 1. The summed E-state index contributed by atoms with van der Waals surface area (Å²) in [4.78, 5) is 26.4. The molecule has 0 fully saturated rings. The van der Waals surface area contributed by atoms with Gasteiger partial charge in [0.15, 0.2) is 17.2 Å². The molecule has 2 heterocycles. The Labute approximate surface area is 205 Å². The zero-order valence-corrected chi connectivity index (χ0v) is 19.1. The van der Waals surface area contributed by atoms with Gasteiger partial charge in [0.25, 0.3) is 11.8 Å². The number of hydrogen-bond donors (Lipinski definition) is 2. The van der Waals surface area contributed by atoms with Crippen molar-refractivity contribution < 1.29 is 23.5 Å². The molecule has 0 bridgehead atoms. The normalized spacial score (nSPS) is 13.4. The van der Waals surface area contributed by atoms with E-state index in [1.54, 1.807) is 59.3 Å². The molecule has 0 saturated carbocycles. The summed E-state index contributed by atoms with van der Waals surface area (Å²) in [6, 6.07) is 17.9. The first-order chi connectivity index (χ1) is 17.6. The van der Waals surface area contributed by atoms with Crippen molar-refractivity contribution in [2.75, 3.05) is 17.4 Å². The van der Waals surface area contributed by atoms with Gasteiger partial charge in [-0.05, 0) is 67.8 Å². The highest BCUT2D eigenvalue weighted by molar-refractivity contribution is 6.12. The Morgan fingerprint density at radius 3 is 2.56 bits per heavy atom. The summed E-state index contributed by atoms with van der Waals surface area (Å²) in [6.07, 6.45) is 2.41. The average molecular weight is 484 g/mol. The first kappa shape index (κ1) is 21.8. The smallest absolute Gasteiger partial charge is 0.276 e. The summed E-state index contributed by atoms with van der Waals surface area (Å²) in [6.45, 7) is 0.141. The Hall–Kier alpha value is -4.66. The molecule has 3 aromatic carbocycles. The molecule has 180 valence electrons. The molecule has 4 aromatic rings. The van der Waals surface area contributed by atoms with E-state index < -0.39 is 5.91 Å². The molecule has 0 saturated heterocycles. The first-order valence-corrected chi connectivity index (χ1v) is 11.5. The predicted octanol–water partition coefficient (Wildman–Crippen LogP) is 4.73. The van der Waals surface area contributed by atoms with Crippen molar-refractivity contribution in [1.29, 1.82) is 0 Å². The zero-order chi connectivity index (χ0) is 24.6. The van der Waals surface area contributed by atoms with Gasteiger partial charge < -0.3 is 20.1 Å². The van der Waals surface area contributed by atoms with Crippen molar-refractivity contribution >= 4 is 23.2 Å². The lowest BCUT2D eigenvalue weighted by atomic mass is 10.1. The van der Waals surface area contributed by atoms with Crippen LogP contribution in [-0.4, -0.2) is 28.4 Å². The second kappa shape index (κ2) is 8.84. The molecule has 1 aromatic heterocycles. The van der Waals surface area contributed by atoms with Crippen LogP contribution in [0.3, 0.4) is 0 Å². The number of carbonyl (C=O) groups is 2. The van der Waals surface area contributed by atoms with Gasteiger partial charge in [0.1, 0.15) is 5.82 Å². The number of amides is 2. The summed E-state index contributed by atoms with van der Waals surface area (Å²) < 4.78 is 25.8. The van der Waals surface area contributed by atoms with Crippen molar-refractivity contribution in [3.8, 4) is 17.2 Å². The van der Waals surface area contributed by atoms with Gasteiger partial charge in [-0.1, -0.05) is 12.1 Å². The highest BCUT2D eigenvalue weighted by atomic mass is 19.1. The van der Waals surface area contributed by atoms with Crippen molar-refractivity contribution in [2.24, 2.45) is 0 Å². The van der Waals surface area contributed by atoms with Crippen LogP contribution >= 0.6 is 0 Å². The molecule has 0 radical (unpaired) electrons. The third-order valence-electron chi connectivity index (χ3n) is 6.27. The van der Waals surface area contributed by atoms with E-state index in [4.69, 9.17) is 9.47 Å². The maximum absolute atomic E-state index is 13.4. The maximum atomic E-state index is 13.4. The van der Waals surface area contributed by atoms with Crippen LogP contribution in [0.2, 0.25) is 0 Å². The van der Waals surface area contributed by atoms with Crippen LogP contribution in [0.25, 0.3) is 5.69 Å². The van der Waals surface area contributed by atoms with E-state index >= 15 is 0 Å². The Balaban J connectivity index is 1.26. The van der Waals surface area contributed by atoms with Crippen LogP contribution in [-0.2, 0) is 12.8 Å². The van der Waals surface area contributed by atoms with E-state index in [0.29, 0.717) is 39.8 Å². The number of nitrogens with zero attached hydrogens (tertiary/aromatic N) is 2. The van der Waals surface area contributed by atoms with Crippen molar-refractivity contribution in [2.45, 2.75) is 19.3 Å². The van der Waals surface area contributed by atoms with Gasteiger partial charge in [-0.3, -0.25) is 9.59 Å². The second-order valence-corrected chi connectivity index (χ2v) is 8.54. The molecule has 1 aliphatic heterocycles. The number of aromatic nitrogens is 2. The van der Waals surface area contributed by atoms with E-state index in [1.165, 1.54) is 12.1 Å². The summed E-state index contributed by atoms with van der Waals surface area (Å²) >= 11 is 0. The third kappa shape index (κ3) is 3.94. The Morgan fingerprint density at radius 1 is 0.889 bits per heavy atom. The number of benzene rings is 3. The van der Waals surface area contributed by atoms with Crippen LogP contribution in [0, 0.1) is 5.82 Å². The molecule has 8 nitrogen and oxygen atoms in total. The van der Waals surface area contributed by atoms with Gasteiger partial charge in [-0.25, -0.2) is 9.07 Å². The van der Waals surface area contributed by atoms with Crippen molar-refractivity contribution in [3.05, 3.63) is 95.1 Å². The van der Waals surface area contributed by atoms with Crippen LogP contribution in [0.1, 0.15) is 38.5 Å². The molecule has 2 N–H and O–H groups in total. The summed E-state index contributed by atoms with van der Waals surface area (Å²) in [7, 11) is 0. The maximum Gasteiger partial charge on any atom is 0.276 e. The van der Waals surface area contributed by atoms with E-state index in [0.717, 1.165) is 30.5 Å². The van der Waals surface area contributed by atoms with Gasteiger partial charge in [0, 0.05) is 23.0 Å². The lowest BCUT2D eigenvalue weighted by Crippen LogP contribution is -2.19. The van der Waals surface area contributed by atoms with Gasteiger partial charge in [0.2, 0.25) is 6.79 Å². The predicted molar refractivity (Wildman–Crippen MR) is 130 cm³/mol. The molecule has 1 aliphatic carbocycles. The number of halogens is 1. The van der Waals surface area contributed by atoms with Crippen molar-refractivity contribution in [3.63, 3.8) is 0 Å². The van der Waals surface area contributed by atoms with E-state index in [-0.39, 0.29) is 18.5 Å². The fraction of sp³-hybridized carbons (Fsp3) is 0.148. The summed E-state index contributed by atoms with van der Waals surface area (Å²) in [5.74, 6) is 0.0496. The highest BCUT2D eigenvalue weighted by Gasteiger charge is 2.28. The van der Waals surface area contributed by atoms with Crippen LogP contribution in [0.5, 0.6) is 11.5 Å². The molecule has 0 spiro atoms. The molecule has 2 aliphatic rings. The lowest BCUT2D eigenvalue weighted by molar-refractivity contribution is 0.102. The number of hydrogen-bond acceptors (Lipinski definition) is 5. The fourth-order valence-corrected chi connectivity index (χ4v) is 4.56. The topological polar surface area (TPSA) is 94.5 Å². The van der Waals surface area contributed by atoms with Crippen LogP contribution in [0.4, 0.5) is 15.8 Å². The van der Waals surface area contributed by atoms with Crippen LogP contribution in [0.15, 0.2) is 66.7 Å². The fourth-order valence-electron chi connectivity index (χ4n) is 4.56. The van der Waals surface area contributed by atoms with E-state index in [9.17, 15) is 14.0 Å². The zero-order valence-electron chi connectivity index (χ0n) is 19.1. The molecule has 0 atom stereocenters. The van der Waals surface area contributed by atoms with E-state index in [1.807, 2.05) is 0 Å². The number of ether oxygens (including phenoxy) is 2. The summed E-state index contributed by atoms with van der Waals surface area (Å²) in [5, 5.41) is 10.3. The van der Waals surface area contributed by atoms with Gasteiger partial charge >= 0.3 is 0 Å². The number of rotatable bonds is 5. The minimum absolute atomic E-state index is 0.141. The number of anilines is 2. The average Bonchev–Trinajstić information content (AvgIpc) is 3.61. The molecule has 36 heavy (non-hydrogen) atoms. The quantitative estimate of drug-likeness (QED) is 0.427. The number of carbonyl (C=O) groups excluding carboxylic acids is 2. The van der Waals surface area contributed by atoms with E-state index in [2.05, 4.69) is 15.7 Å². The number of nitrogens with one attached hydrogen (secondary N) is 2. The number of fused-ring (bicyclic) bond motifs is 2. The SMILES string of the molecule is O=C(Nc1ccc2c(c1)OCO2)c1ccccc1NC(=O)c1nn(-c2ccc(F)cc2)c2c1CCC2. The Kier molecular flexibility index (Phi) is 5.37. The molecule has 0 unspecified atom stereocenters. The van der Waals surface area contributed by atoms with Gasteiger partial charge in [-0.15, -0.1) is 0 Å². The second-order valence-electron chi connectivity index (χ2n) is 8.54. The van der Waals surface area contributed by atoms with Gasteiger partial charge in [0.05, 0.1) is 16.9 Å². The molecular weight excluding hydrogens is 463 g/mol. The first-order valence-electron chi connectivity index (χ1n) is 11.5. The molecular formula is C27H21FN4O4. The highest BCUT2D eigenvalue weighted by Crippen LogP contribution is 2.34. The lowest BCUT2D eigenvalue weighted by Gasteiger charge is -2.11.